The average molecular weight is 460 g/mol. The number of phenolic OH excluding ortho intramolecular Hbond substituents is 1. The fourth-order valence-corrected chi connectivity index (χ4v) is 3.00. The molecule has 7 nitrogen and oxygen atoms in total. The maximum absolute atomic E-state index is 12.3. The van der Waals surface area contributed by atoms with Crippen LogP contribution in [-0.2, 0) is 11.3 Å². The zero-order valence-electron chi connectivity index (χ0n) is 14.6. The smallest absolute Gasteiger partial charge is 0.242 e. The first-order valence-corrected chi connectivity index (χ1v) is 8.23. The Morgan fingerprint density at radius 2 is 2.16 bits per heavy atom. The Balaban J connectivity index is 0.00000225. The lowest BCUT2D eigenvalue weighted by atomic mass is 10.2. The van der Waals surface area contributed by atoms with Crippen molar-refractivity contribution in [2.24, 2.45) is 4.99 Å². The first-order chi connectivity index (χ1) is 11.6. The molecule has 3 rings (SSSR count). The van der Waals surface area contributed by atoms with Gasteiger partial charge in [-0.05, 0) is 30.5 Å². The highest BCUT2D eigenvalue weighted by molar-refractivity contribution is 14.0. The quantitative estimate of drug-likeness (QED) is 0.404. The fraction of sp³-hybridized carbons (Fsp3) is 0.529. The highest BCUT2D eigenvalue weighted by atomic mass is 127. The highest BCUT2D eigenvalue weighted by Gasteiger charge is 2.36. The van der Waals surface area contributed by atoms with Crippen LogP contribution in [0.2, 0.25) is 0 Å². The molecule has 2 fully saturated rings. The maximum atomic E-state index is 12.3. The standard InChI is InChI=1S/C17H24N4O3.HI/c1-18-17(19-10-12-3-6-15(24-2)14(22)9-12)20-7-8-21(13-4-5-13)16(23)11-20;/h3,6,9,13,22H,4-5,7-8,10-11H2,1-2H3,(H,18,19);1H. The van der Waals surface area contributed by atoms with Gasteiger partial charge in [0.15, 0.2) is 17.5 Å². The average Bonchev–Trinajstić information content (AvgIpc) is 3.40. The number of carbonyl (C=O) groups excluding carboxylic acids is 1. The number of nitrogens with one attached hydrogen (secondary N) is 1. The van der Waals surface area contributed by atoms with Crippen molar-refractivity contribution < 1.29 is 14.6 Å². The molecule has 0 bridgehead atoms. The number of hydrogen-bond donors (Lipinski definition) is 2. The van der Waals surface area contributed by atoms with Gasteiger partial charge in [-0.1, -0.05) is 6.07 Å². The Kier molecular flexibility index (Phi) is 6.74. The van der Waals surface area contributed by atoms with Crippen LogP contribution in [0.5, 0.6) is 11.5 Å². The summed E-state index contributed by atoms with van der Waals surface area (Å²) in [7, 11) is 3.23. The van der Waals surface area contributed by atoms with Crippen molar-refractivity contribution >= 4 is 35.8 Å². The van der Waals surface area contributed by atoms with E-state index < -0.39 is 0 Å². The molecule has 0 atom stereocenters. The summed E-state index contributed by atoms with van der Waals surface area (Å²) in [5, 5.41) is 13.1. The van der Waals surface area contributed by atoms with Crippen LogP contribution in [0.4, 0.5) is 0 Å². The van der Waals surface area contributed by atoms with Gasteiger partial charge in [0.25, 0.3) is 0 Å². The molecule has 8 heteroatoms. The zero-order chi connectivity index (χ0) is 17.1. The molecule has 1 aromatic rings. The molecule has 1 amide bonds. The maximum Gasteiger partial charge on any atom is 0.242 e. The SMILES string of the molecule is CN=C(NCc1ccc(OC)c(O)c1)N1CCN(C2CC2)C(=O)C1.I. The third-order valence-corrected chi connectivity index (χ3v) is 4.45. The van der Waals surface area contributed by atoms with Crippen molar-refractivity contribution in [1.29, 1.82) is 0 Å². The number of guanidine groups is 1. The Morgan fingerprint density at radius 1 is 1.40 bits per heavy atom. The molecule has 0 aromatic heterocycles. The molecule has 1 aromatic carbocycles. The number of aromatic hydroxyl groups is 1. The van der Waals surface area contributed by atoms with Crippen LogP contribution >= 0.6 is 24.0 Å². The Bertz CT molecular complexity index is 649. The van der Waals surface area contributed by atoms with Crippen LogP contribution in [0.15, 0.2) is 23.2 Å². The van der Waals surface area contributed by atoms with E-state index in [1.54, 1.807) is 19.2 Å². The van der Waals surface area contributed by atoms with Gasteiger partial charge >= 0.3 is 0 Å². The number of phenols is 1. The van der Waals surface area contributed by atoms with Crippen LogP contribution in [0, 0.1) is 0 Å². The van der Waals surface area contributed by atoms with Crippen molar-refractivity contribution in [1.82, 2.24) is 15.1 Å². The molecule has 0 radical (unpaired) electrons. The molecule has 1 aliphatic heterocycles. The second kappa shape index (κ2) is 8.59. The van der Waals surface area contributed by atoms with E-state index in [-0.39, 0.29) is 35.6 Å². The van der Waals surface area contributed by atoms with Gasteiger partial charge in [-0.25, -0.2) is 0 Å². The Morgan fingerprint density at radius 3 is 2.72 bits per heavy atom. The molecule has 1 saturated heterocycles. The number of nitrogens with zero attached hydrogens (tertiary/aromatic N) is 3. The second-order valence-electron chi connectivity index (χ2n) is 6.15. The van der Waals surface area contributed by atoms with Crippen LogP contribution in [-0.4, -0.2) is 66.6 Å². The largest absolute Gasteiger partial charge is 0.504 e. The monoisotopic (exact) mass is 460 g/mol. The molecule has 2 aliphatic rings. The molecule has 0 spiro atoms. The van der Waals surface area contributed by atoms with Gasteiger partial charge in [-0.15, -0.1) is 24.0 Å². The van der Waals surface area contributed by atoms with Gasteiger partial charge in [0.1, 0.15) is 0 Å². The summed E-state index contributed by atoms with van der Waals surface area (Å²) in [6.45, 7) is 2.43. The second-order valence-corrected chi connectivity index (χ2v) is 6.15. The number of amides is 1. The van der Waals surface area contributed by atoms with Crippen molar-refractivity contribution in [2.75, 3.05) is 33.8 Å². The van der Waals surface area contributed by atoms with Crippen molar-refractivity contribution in [3.8, 4) is 11.5 Å². The molecular weight excluding hydrogens is 435 g/mol. The van der Waals surface area contributed by atoms with E-state index in [0.717, 1.165) is 31.5 Å². The predicted octanol–water partition coefficient (Wildman–Crippen LogP) is 1.40. The van der Waals surface area contributed by atoms with E-state index in [9.17, 15) is 9.90 Å². The van der Waals surface area contributed by atoms with Gasteiger partial charge in [-0.3, -0.25) is 9.79 Å². The normalized spacial score (nSPS) is 18.0. The number of ether oxygens (including phenoxy) is 1. The Labute approximate surface area is 165 Å². The summed E-state index contributed by atoms with van der Waals surface area (Å²) in [6, 6.07) is 5.74. The van der Waals surface area contributed by atoms with Gasteiger partial charge < -0.3 is 25.0 Å². The molecule has 2 N–H and O–H groups in total. The molecule has 1 aliphatic carbocycles. The van der Waals surface area contributed by atoms with Crippen molar-refractivity contribution in [2.45, 2.75) is 25.4 Å². The first-order valence-electron chi connectivity index (χ1n) is 8.23. The summed E-state index contributed by atoms with van der Waals surface area (Å²) in [6.07, 6.45) is 2.28. The van der Waals surface area contributed by atoms with E-state index in [2.05, 4.69) is 10.3 Å². The fourth-order valence-electron chi connectivity index (χ4n) is 3.00. The molecule has 1 heterocycles. The summed E-state index contributed by atoms with van der Waals surface area (Å²) < 4.78 is 5.04. The van der Waals surface area contributed by atoms with E-state index >= 15 is 0 Å². The molecule has 0 unspecified atom stereocenters. The molecule has 25 heavy (non-hydrogen) atoms. The minimum atomic E-state index is 0. The van der Waals surface area contributed by atoms with Crippen LogP contribution in [0.3, 0.4) is 0 Å². The van der Waals surface area contributed by atoms with E-state index in [1.807, 2.05) is 15.9 Å². The van der Waals surface area contributed by atoms with E-state index in [4.69, 9.17) is 4.74 Å². The minimum Gasteiger partial charge on any atom is -0.504 e. The number of aliphatic imine (C=N–C) groups is 1. The zero-order valence-corrected chi connectivity index (χ0v) is 16.9. The van der Waals surface area contributed by atoms with Crippen molar-refractivity contribution in [3.05, 3.63) is 23.8 Å². The van der Waals surface area contributed by atoms with E-state index in [0.29, 0.717) is 30.8 Å². The van der Waals surface area contributed by atoms with Crippen LogP contribution < -0.4 is 10.1 Å². The summed E-state index contributed by atoms with van der Waals surface area (Å²) >= 11 is 0. The summed E-state index contributed by atoms with van der Waals surface area (Å²) in [5.74, 6) is 1.44. The first kappa shape index (κ1) is 19.6. The lowest BCUT2D eigenvalue weighted by Crippen LogP contribution is -2.55. The third-order valence-electron chi connectivity index (χ3n) is 4.45. The lowest BCUT2D eigenvalue weighted by molar-refractivity contribution is -0.135. The Hall–Kier alpha value is -1.71. The van der Waals surface area contributed by atoms with Crippen molar-refractivity contribution in [3.63, 3.8) is 0 Å². The van der Waals surface area contributed by atoms with Crippen LogP contribution in [0.1, 0.15) is 18.4 Å². The number of carbonyl (C=O) groups is 1. The topological polar surface area (TPSA) is 77.4 Å². The number of halogens is 1. The number of piperazine rings is 1. The summed E-state index contributed by atoms with van der Waals surface area (Å²) in [5.41, 5.74) is 0.914. The van der Waals surface area contributed by atoms with Gasteiger partial charge in [-0.2, -0.15) is 0 Å². The third kappa shape index (κ3) is 4.68. The number of methoxy groups -OCH3 is 1. The van der Waals surface area contributed by atoms with Gasteiger partial charge in [0.05, 0.1) is 13.7 Å². The minimum absolute atomic E-state index is 0. The number of benzene rings is 1. The van der Waals surface area contributed by atoms with E-state index in [1.165, 1.54) is 7.11 Å². The molecular formula is C17H25IN4O3. The van der Waals surface area contributed by atoms with Crippen LogP contribution in [0.25, 0.3) is 0 Å². The molecule has 138 valence electrons. The summed E-state index contributed by atoms with van der Waals surface area (Å²) in [4.78, 5) is 20.5. The lowest BCUT2D eigenvalue weighted by Gasteiger charge is -2.36. The highest BCUT2D eigenvalue weighted by Crippen LogP contribution is 2.28. The van der Waals surface area contributed by atoms with Gasteiger partial charge in [0.2, 0.25) is 5.91 Å². The van der Waals surface area contributed by atoms with Gasteiger partial charge in [0, 0.05) is 32.7 Å². The number of hydrogen-bond acceptors (Lipinski definition) is 4. The molecule has 1 saturated carbocycles. The predicted molar refractivity (Wildman–Crippen MR) is 107 cm³/mol. The number of rotatable bonds is 4.